The van der Waals surface area contributed by atoms with Gasteiger partial charge in [-0.25, -0.2) is 14.2 Å². The first kappa shape index (κ1) is 22.7. The summed E-state index contributed by atoms with van der Waals surface area (Å²) in [5.41, 5.74) is 2.90. The molecule has 1 aliphatic rings. The van der Waals surface area contributed by atoms with Gasteiger partial charge in [0.2, 0.25) is 0 Å². The maximum atomic E-state index is 13.7. The largest absolute Gasteiger partial charge is 0.463 e. The topological polar surface area (TPSA) is 63.9 Å². The van der Waals surface area contributed by atoms with Crippen LogP contribution < -0.4 is 19.8 Å². The molecule has 1 aromatic heterocycles. The first-order valence-corrected chi connectivity index (χ1v) is 11.3. The highest BCUT2D eigenvalue weighted by Crippen LogP contribution is 2.31. The number of anilines is 1. The zero-order valence-corrected chi connectivity index (χ0v) is 19.6. The highest BCUT2D eigenvalue weighted by Gasteiger charge is 2.33. The number of carbonyl (C=O) groups excluding carboxylic acids is 1. The lowest BCUT2D eigenvalue weighted by Gasteiger charge is -2.25. The van der Waals surface area contributed by atoms with Gasteiger partial charge in [0.25, 0.3) is 5.56 Å². The Kier molecular flexibility index (Phi) is 6.29. The van der Waals surface area contributed by atoms with Gasteiger partial charge >= 0.3 is 5.97 Å². The number of hydrogen-bond donors (Lipinski definition) is 0. The Balaban J connectivity index is 1.94. The van der Waals surface area contributed by atoms with E-state index in [0.717, 1.165) is 11.3 Å². The molecule has 0 radical (unpaired) electrons. The number of fused-ring (bicyclic) bond motifs is 1. The number of nitrogens with zero attached hydrogens (tertiary/aromatic N) is 3. The van der Waals surface area contributed by atoms with Crippen molar-refractivity contribution >= 4 is 29.1 Å². The number of hydrogen-bond acceptors (Lipinski definition) is 6. The molecule has 0 N–H and O–H groups in total. The second-order valence-electron chi connectivity index (χ2n) is 7.84. The van der Waals surface area contributed by atoms with Crippen LogP contribution in [0, 0.1) is 5.82 Å². The molecule has 2 aromatic carbocycles. The van der Waals surface area contributed by atoms with Gasteiger partial charge < -0.3 is 9.64 Å². The molecule has 1 unspecified atom stereocenters. The first-order valence-electron chi connectivity index (χ1n) is 10.5. The average molecular weight is 466 g/mol. The van der Waals surface area contributed by atoms with Crippen LogP contribution in [0.25, 0.3) is 6.08 Å². The highest BCUT2D eigenvalue weighted by molar-refractivity contribution is 7.07. The molecule has 0 bridgehead atoms. The molecular weight excluding hydrogens is 441 g/mol. The fraction of sp³-hybridized carbons (Fsp3) is 0.240. The first-order chi connectivity index (χ1) is 15.8. The number of ether oxygens (including phenoxy) is 1. The Labute approximate surface area is 194 Å². The van der Waals surface area contributed by atoms with Crippen molar-refractivity contribution in [3.05, 3.63) is 96.4 Å². The number of rotatable bonds is 5. The van der Waals surface area contributed by atoms with E-state index in [-0.39, 0.29) is 18.0 Å². The van der Waals surface area contributed by atoms with Crippen LogP contribution in [0.2, 0.25) is 0 Å². The van der Waals surface area contributed by atoms with Crippen LogP contribution in [0.1, 0.15) is 31.0 Å². The van der Waals surface area contributed by atoms with E-state index in [1.54, 1.807) is 32.1 Å². The second-order valence-corrected chi connectivity index (χ2v) is 8.85. The Morgan fingerprint density at radius 3 is 2.61 bits per heavy atom. The minimum atomic E-state index is -0.675. The molecule has 0 spiro atoms. The van der Waals surface area contributed by atoms with Gasteiger partial charge in [-0.2, -0.15) is 0 Å². The fourth-order valence-corrected chi connectivity index (χ4v) is 4.86. The van der Waals surface area contributed by atoms with Crippen LogP contribution in [0.3, 0.4) is 0 Å². The van der Waals surface area contributed by atoms with Gasteiger partial charge in [-0.05, 0) is 55.3 Å². The molecule has 0 fully saturated rings. The zero-order valence-electron chi connectivity index (χ0n) is 18.8. The van der Waals surface area contributed by atoms with Crippen LogP contribution in [0.15, 0.2) is 69.6 Å². The molecule has 1 aliphatic heterocycles. The average Bonchev–Trinajstić information content (AvgIpc) is 3.07. The number of aromatic nitrogens is 1. The van der Waals surface area contributed by atoms with Crippen molar-refractivity contribution < 1.29 is 13.9 Å². The Morgan fingerprint density at radius 2 is 1.97 bits per heavy atom. The van der Waals surface area contributed by atoms with E-state index in [1.807, 2.05) is 43.3 Å². The van der Waals surface area contributed by atoms with Crippen LogP contribution in [-0.4, -0.2) is 31.2 Å². The van der Waals surface area contributed by atoms with Crippen molar-refractivity contribution in [1.82, 2.24) is 4.57 Å². The van der Waals surface area contributed by atoms with Crippen LogP contribution in [0.4, 0.5) is 10.1 Å². The fourth-order valence-electron chi connectivity index (χ4n) is 3.81. The molecular formula is C25H24FN3O3S. The lowest BCUT2D eigenvalue weighted by atomic mass is 9.95. The van der Waals surface area contributed by atoms with E-state index >= 15 is 0 Å². The van der Waals surface area contributed by atoms with Crippen molar-refractivity contribution in [3.8, 4) is 0 Å². The Bertz CT molecular complexity index is 1420. The molecule has 170 valence electrons. The number of halogens is 1. The van der Waals surface area contributed by atoms with Gasteiger partial charge in [0.15, 0.2) is 4.80 Å². The number of benzene rings is 2. The molecule has 0 saturated carbocycles. The summed E-state index contributed by atoms with van der Waals surface area (Å²) in [6.45, 7) is 3.70. The lowest BCUT2D eigenvalue weighted by Crippen LogP contribution is -2.39. The van der Waals surface area contributed by atoms with Crippen molar-refractivity contribution in [2.45, 2.75) is 19.9 Å². The van der Waals surface area contributed by atoms with Gasteiger partial charge in [0, 0.05) is 19.8 Å². The SMILES string of the molecule is CCOC(=O)C1=C(C)N=c2s/c(=C\c3cccc(F)c3)c(=O)n2C1c1ccc(N(C)C)cc1. The summed E-state index contributed by atoms with van der Waals surface area (Å²) in [5, 5.41) is 0. The molecule has 4 rings (SSSR count). The van der Waals surface area contributed by atoms with Gasteiger partial charge in [-0.3, -0.25) is 9.36 Å². The van der Waals surface area contributed by atoms with E-state index in [1.165, 1.54) is 28.0 Å². The third-order valence-electron chi connectivity index (χ3n) is 5.39. The summed E-state index contributed by atoms with van der Waals surface area (Å²) >= 11 is 1.21. The standard InChI is InChI=1S/C25H24FN3O3S/c1-5-32-24(31)21-15(2)27-25-29(22(21)17-9-11-19(12-10-17)28(3)4)23(30)20(33-25)14-16-7-6-8-18(26)13-16/h6-14,22H,5H2,1-4H3/b20-14-. The third kappa shape index (κ3) is 4.39. The van der Waals surface area contributed by atoms with Crippen LogP contribution in [-0.2, 0) is 9.53 Å². The summed E-state index contributed by atoms with van der Waals surface area (Å²) < 4.78 is 20.9. The van der Waals surface area contributed by atoms with Gasteiger partial charge in [-0.1, -0.05) is 35.6 Å². The summed E-state index contributed by atoms with van der Waals surface area (Å²) in [4.78, 5) is 33.4. The highest BCUT2D eigenvalue weighted by atomic mass is 32.1. The predicted octanol–water partition coefficient (Wildman–Crippen LogP) is 3.00. The van der Waals surface area contributed by atoms with Crippen LogP contribution >= 0.6 is 11.3 Å². The molecule has 0 aliphatic carbocycles. The number of carbonyl (C=O) groups is 1. The van der Waals surface area contributed by atoms with E-state index in [0.29, 0.717) is 26.2 Å². The molecule has 6 nitrogen and oxygen atoms in total. The number of thiazole rings is 1. The third-order valence-corrected chi connectivity index (χ3v) is 6.37. The maximum absolute atomic E-state index is 13.7. The van der Waals surface area contributed by atoms with Crippen molar-refractivity contribution in [3.63, 3.8) is 0 Å². The lowest BCUT2D eigenvalue weighted by molar-refractivity contribution is -0.139. The van der Waals surface area contributed by atoms with Crippen molar-refractivity contribution in [1.29, 1.82) is 0 Å². The number of allylic oxidation sites excluding steroid dienone is 1. The van der Waals surface area contributed by atoms with Gasteiger partial charge in [0.05, 0.1) is 28.5 Å². The smallest absolute Gasteiger partial charge is 0.338 e. The van der Waals surface area contributed by atoms with E-state index in [2.05, 4.69) is 4.99 Å². The summed E-state index contributed by atoms with van der Waals surface area (Å²) in [6.07, 6.45) is 1.64. The molecule has 3 aromatic rings. The molecule has 0 saturated heterocycles. The maximum Gasteiger partial charge on any atom is 0.338 e. The van der Waals surface area contributed by atoms with Crippen LogP contribution in [0.5, 0.6) is 0 Å². The quantitative estimate of drug-likeness (QED) is 0.544. The molecule has 2 heterocycles. The van der Waals surface area contributed by atoms with E-state index < -0.39 is 12.0 Å². The minimum absolute atomic E-state index is 0.214. The summed E-state index contributed by atoms with van der Waals surface area (Å²) in [6, 6.07) is 13.1. The minimum Gasteiger partial charge on any atom is -0.463 e. The van der Waals surface area contributed by atoms with Crippen molar-refractivity contribution in [2.24, 2.45) is 4.99 Å². The monoisotopic (exact) mass is 465 g/mol. The normalized spacial score (nSPS) is 15.8. The van der Waals surface area contributed by atoms with Gasteiger partial charge in [0.1, 0.15) is 5.82 Å². The Morgan fingerprint density at radius 1 is 1.24 bits per heavy atom. The van der Waals surface area contributed by atoms with Gasteiger partial charge in [-0.15, -0.1) is 0 Å². The van der Waals surface area contributed by atoms with E-state index in [4.69, 9.17) is 4.74 Å². The predicted molar refractivity (Wildman–Crippen MR) is 128 cm³/mol. The number of esters is 1. The second kappa shape index (κ2) is 9.15. The Hall–Kier alpha value is -3.52. The molecule has 33 heavy (non-hydrogen) atoms. The zero-order chi connectivity index (χ0) is 23.7. The summed E-state index contributed by atoms with van der Waals surface area (Å²) in [7, 11) is 3.89. The molecule has 1 atom stereocenters. The molecule has 8 heteroatoms. The summed E-state index contributed by atoms with van der Waals surface area (Å²) in [5.74, 6) is -0.879. The van der Waals surface area contributed by atoms with Crippen molar-refractivity contribution in [2.75, 3.05) is 25.6 Å². The van der Waals surface area contributed by atoms with E-state index in [9.17, 15) is 14.0 Å². The molecule has 0 amide bonds.